The first kappa shape index (κ1) is 14.5. The van der Waals surface area contributed by atoms with Gasteiger partial charge < -0.3 is 10.2 Å². The van der Waals surface area contributed by atoms with Crippen LogP contribution in [0.5, 0.6) is 0 Å². The van der Waals surface area contributed by atoms with Gasteiger partial charge in [0.05, 0.1) is 18.8 Å². The fourth-order valence-corrected chi connectivity index (χ4v) is 2.55. The lowest BCUT2D eigenvalue weighted by atomic mass is 9.84. The molecule has 5 nitrogen and oxygen atoms in total. The van der Waals surface area contributed by atoms with E-state index in [-0.39, 0.29) is 23.8 Å². The zero-order valence-electron chi connectivity index (χ0n) is 12.4. The molecule has 2 heterocycles. The molecule has 1 fully saturated rings. The fraction of sp³-hybridized carbons (Fsp3) is 0.533. The molecule has 0 saturated carbocycles. The highest BCUT2D eigenvalue weighted by molar-refractivity contribution is 5.95. The van der Waals surface area contributed by atoms with Crippen LogP contribution in [0, 0.1) is 12.3 Å². The van der Waals surface area contributed by atoms with Gasteiger partial charge in [0.1, 0.15) is 6.04 Å². The number of carbonyl (C=O) groups is 2. The molecule has 1 N–H and O–H groups in total. The Balaban J connectivity index is 2.29. The zero-order chi connectivity index (χ0) is 14.9. The molecule has 20 heavy (non-hydrogen) atoms. The molecule has 1 aromatic rings. The molecule has 0 aliphatic carbocycles. The Kier molecular flexibility index (Phi) is 3.79. The van der Waals surface area contributed by atoms with Crippen LogP contribution in [0.3, 0.4) is 0 Å². The molecule has 1 unspecified atom stereocenters. The number of nitrogens with one attached hydrogen (secondary N) is 1. The third kappa shape index (κ3) is 2.98. The molecule has 0 bridgehead atoms. The van der Waals surface area contributed by atoms with Gasteiger partial charge in [0.15, 0.2) is 0 Å². The number of amides is 2. The SMILES string of the molecule is Cc1cccc(CN2C(=O)CNC(=O)C2C(C)(C)C)n1. The molecule has 1 aliphatic rings. The molecule has 1 saturated heterocycles. The standard InChI is InChI=1S/C15H21N3O2/c1-10-6-5-7-11(17-10)9-18-12(19)8-16-14(20)13(18)15(2,3)4/h5-7,13H,8-9H2,1-4H3,(H,16,20). The van der Waals surface area contributed by atoms with E-state index in [1.54, 1.807) is 4.90 Å². The van der Waals surface area contributed by atoms with Crippen LogP contribution in [0.15, 0.2) is 18.2 Å². The molecule has 5 heteroatoms. The average Bonchev–Trinajstić information content (AvgIpc) is 2.32. The van der Waals surface area contributed by atoms with E-state index < -0.39 is 6.04 Å². The maximum absolute atomic E-state index is 12.2. The van der Waals surface area contributed by atoms with E-state index >= 15 is 0 Å². The van der Waals surface area contributed by atoms with Gasteiger partial charge in [0.2, 0.25) is 11.8 Å². The molecule has 0 spiro atoms. The molecule has 1 aromatic heterocycles. The summed E-state index contributed by atoms with van der Waals surface area (Å²) in [7, 11) is 0. The monoisotopic (exact) mass is 275 g/mol. The minimum atomic E-state index is -0.467. The van der Waals surface area contributed by atoms with Gasteiger partial charge in [0.25, 0.3) is 0 Å². The lowest BCUT2D eigenvalue weighted by molar-refractivity contribution is -0.150. The Morgan fingerprint density at radius 1 is 1.35 bits per heavy atom. The number of hydrogen-bond donors (Lipinski definition) is 1. The lowest BCUT2D eigenvalue weighted by Gasteiger charge is -2.41. The van der Waals surface area contributed by atoms with Crippen LogP contribution < -0.4 is 5.32 Å². The maximum atomic E-state index is 12.2. The topological polar surface area (TPSA) is 62.3 Å². The molecule has 2 rings (SSSR count). The van der Waals surface area contributed by atoms with Crippen molar-refractivity contribution < 1.29 is 9.59 Å². The molecular formula is C15H21N3O2. The maximum Gasteiger partial charge on any atom is 0.243 e. The number of piperazine rings is 1. The fourth-order valence-electron chi connectivity index (χ4n) is 2.55. The van der Waals surface area contributed by atoms with Gasteiger partial charge in [0, 0.05) is 5.69 Å². The number of aromatic nitrogens is 1. The summed E-state index contributed by atoms with van der Waals surface area (Å²) in [5, 5.41) is 2.67. The van der Waals surface area contributed by atoms with E-state index in [4.69, 9.17) is 0 Å². The number of pyridine rings is 1. The predicted molar refractivity (Wildman–Crippen MR) is 75.8 cm³/mol. The minimum Gasteiger partial charge on any atom is -0.345 e. The highest BCUT2D eigenvalue weighted by Gasteiger charge is 2.42. The molecule has 0 aromatic carbocycles. The van der Waals surface area contributed by atoms with Crippen molar-refractivity contribution in [1.82, 2.24) is 15.2 Å². The van der Waals surface area contributed by atoms with Crippen LogP contribution in [0.2, 0.25) is 0 Å². The number of aryl methyl sites for hydroxylation is 1. The van der Waals surface area contributed by atoms with Crippen molar-refractivity contribution in [2.75, 3.05) is 6.54 Å². The zero-order valence-corrected chi connectivity index (χ0v) is 12.4. The van der Waals surface area contributed by atoms with Crippen LogP contribution in [0.4, 0.5) is 0 Å². The largest absolute Gasteiger partial charge is 0.345 e. The summed E-state index contributed by atoms with van der Waals surface area (Å²) in [5.41, 5.74) is 1.40. The van der Waals surface area contributed by atoms with Crippen LogP contribution in [-0.4, -0.2) is 34.3 Å². The van der Waals surface area contributed by atoms with Gasteiger partial charge in [-0.15, -0.1) is 0 Å². The lowest BCUT2D eigenvalue weighted by Crippen LogP contribution is -2.62. The summed E-state index contributed by atoms with van der Waals surface area (Å²) in [6.07, 6.45) is 0. The number of carbonyl (C=O) groups excluding carboxylic acids is 2. The molecule has 1 atom stereocenters. The Hall–Kier alpha value is -1.91. The Bertz CT molecular complexity index is 534. The van der Waals surface area contributed by atoms with Gasteiger partial charge in [-0.2, -0.15) is 0 Å². The van der Waals surface area contributed by atoms with Crippen molar-refractivity contribution >= 4 is 11.8 Å². The average molecular weight is 275 g/mol. The summed E-state index contributed by atoms with van der Waals surface area (Å²) in [6, 6.07) is 5.24. The van der Waals surface area contributed by atoms with Gasteiger partial charge in [-0.1, -0.05) is 26.8 Å². The summed E-state index contributed by atoms with van der Waals surface area (Å²) >= 11 is 0. The van der Waals surface area contributed by atoms with Gasteiger partial charge in [-0.05, 0) is 24.5 Å². The quantitative estimate of drug-likeness (QED) is 0.884. The Morgan fingerprint density at radius 3 is 2.65 bits per heavy atom. The predicted octanol–water partition coefficient (Wildman–Crippen LogP) is 1.26. The highest BCUT2D eigenvalue weighted by Crippen LogP contribution is 2.27. The highest BCUT2D eigenvalue weighted by atomic mass is 16.2. The van der Waals surface area contributed by atoms with E-state index in [0.29, 0.717) is 6.54 Å². The summed E-state index contributed by atoms with van der Waals surface area (Å²) in [4.78, 5) is 30.4. The van der Waals surface area contributed by atoms with E-state index in [1.807, 2.05) is 45.9 Å². The molecule has 0 radical (unpaired) electrons. The minimum absolute atomic E-state index is 0.0622. The summed E-state index contributed by atoms with van der Waals surface area (Å²) in [5.74, 6) is -0.155. The van der Waals surface area contributed by atoms with Crippen LogP contribution >= 0.6 is 0 Å². The number of hydrogen-bond acceptors (Lipinski definition) is 3. The van der Waals surface area contributed by atoms with Crippen LogP contribution in [0.1, 0.15) is 32.2 Å². The third-order valence-electron chi connectivity index (χ3n) is 3.39. The van der Waals surface area contributed by atoms with Crippen molar-refractivity contribution in [1.29, 1.82) is 0 Å². The molecule has 2 amide bonds. The number of rotatable bonds is 2. The van der Waals surface area contributed by atoms with E-state index in [9.17, 15) is 9.59 Å². The van der Waals surface area contributed by atoms with Crippen molar-refractivity contribution in [3.63, 3.8) is 0 Å². The van der Waals surface area contributed by atoms with Crippen molar-refractivity contribution in [3.8, 4) is 0 Å². The normalized spacial score (nSPS) is 20.0. The summed E-state index contributed by atoms with van der Waals surface area (Å²) < 4.78 is 0. The van der Waals surface area contributed by atoms with E-state index in [0.717, 1.165) is 11.4 Å². The van der Waals surface area contributed by atoms with Crippen LogP contribution in [0.25, 0.3) is 0 Å². The Labute approximate surface area is 119 Å². The van der Waals surface area contributed by atoms with Gasteiger partial charge in [-0.25, -0.2) is 0 Å². The summed E-state index contributed by atoms with van der Waals surface area (Å²) in [6.45, 7) is 8.24. The van der Waals surface area contributed by atoms with Crippen molar-refractivity contribution in [3.05, 3.63) is 29.6 Å². The van der Waals surface area contributed by atoms with Crippen molar-refractivity contribution in [2.45, 2.75) is 40.3 Å². The van der Waals surface area contributed by atoms with E-state index in [1.165, 1.54) is 0 Å². The van der Waals surface area contributed by atoms with E-state index in [2.05, 4.69) is 10.3 Å². The first-order valence-corrected chi connectivity index (χ1v) is 6.79. The smallest absolute Gasteiger partial charge is 0.243 e. The Morgan fingerprint density at radius 2 is 2.05 bits per heavy atom. The molecule has 1 aliphatic heterocycles. The second-order valence-electron chi connectivity index (χ2n) is 6.28. The number of nitrogens with zero attached hydrogens (tertiary/aromatic N) is 2. The second-order valence-corrected chi connectivity index (χ2v) is 6.28. The third-order valence-corrected chi connectivity index (χ3v) is 3.39. The van der Waals surface area contributed by atoms with Gasteiger partial charge in [-0.3, -0.25) is 14.6 Å². The molecular weight excluding hydrogens is 254 g/mol. The van der Waals surface area contributed by atoms with Crippen molar-refractivity contribution in [2.24, 2.45) is 5.41 Å². The first-order chi connectivity index (χ1) is 9.29. The first-order valence-electron chi connectivity index (χ1n) is 6.79. The second kappa shape index (κ2) is 5.23. The van der Waals surface area contributed by atoms with Gasteiger partial charge >= 0.3 is 0 Å². The van der Waals surface area contributed by atoms with Crippen LogP contribution in [-0.2, 0) is 16.1 Å². The molecule has 108 valence electrons.